The van der Waals surface area contributed by atoms with Crippen molar-refractivity contribution in [1.29, 1.82) is 0 Å². The molecule has 3 N–H and O–H groups in total. The standard InChI is InChI=1S/C11H13Cl2N5/c1-2-5-15-11-16-10(14)18(17-11)9-4-3-7(12)6-8(9)13/h3-4,6H,2,5H2,1H3,(H3,14,15,16,17). The molecule has 0 aliphatic carbocycles. The average Bonchev–Trinajstić information content (AvgIpc) is 2.68. The van der Waals surface area contributed by atoms with Crippen molar-refractivity contribution in [2.45, 2.75) is 13.3 Å². The monoisotopic (exact) mass is 285 g/mol. The van der Waals surface area contributed by atoms with Crippen molar-refractivity contribution < 1.29 is 0 Å². The van der Waals surface area contributed by atoms with Crippen molar-refractivity contribution in [2.24, 2.45) is 0 Å². The fourth-order valence-electron chi connectivity index (χ4n) is 1.47. The lowest BCUT2D eigenvalue weighted by molar-refractivity contribution is 0.880. The first-order valence-electron chi connectivity index (χ1n) is 5.53. The minimum atomic E-state index is 0.276. The summed E-state index contributed by atoms with van der Waals surface area (Å²) in [6, 6.07) is 5.11. The van der Waals surface area contributed by atoms with Crippen molar-refractivity contribution in [3.05, 3.63) is 28.2 Å². The van der Waals surface area contributed by atoms with Crippen LogP contribution in [0.4, 0.5) is 11.9 Å². The van der Waals surface area contributed by atoms with Crippen molar-refractivity contribution in [3.63, 3.8) is 0 Å². The highest BCUT2D eigenvalue weighted by atomic mass is 35.5. The summed E-state index contributed by atoms with van der Waals surface area (Å²) >= 11 is 11.9. The molecule has 0 aliphatic heterocycles. The van der Waals surface area contributed by atoms with Crippen LogP contribution in [0.2, 0.25) is 10.0 Å². The molecule has 0 saturated heterocycles. The lowest BCUT2D eigenvalue weighted by atomic mass is 10.3. The summed E-state index contributed by atoms with van der Waals surface area (Å²) in [4.78, 5) is 4.11. The van der Waals surface area contributed by atoms with Gasteiger partial charge in [-0.1, -0.05) is 30.1 Å². The number of hydrogen-bond donors (Lipinski definition) is 2. The van der Waals surface area contributed by atoms with E-state index in [0.29, 0.717) is 21.7 Å². The molecule has 0 amide bonds. The third-order valence-corrected chi connectivity index (χ3v) is 2.84. The average molecular weight is 286 g/mol. The maximum absolute atomic E-state index is 6.10. The van der Waals surface area contributed by atoms with Gasteiger partial charge in [-0.2, -0.15) is 9.67 Å². The summed E-state index contributed by atoms with van der Waals surface area (Å²) in [5.41, 5.74) is 6.46. The lowest BCUT2D eigenvalue weighted by Crippen LogP contribution is -2.04. The van der Waals surface area contributed by atoms with Crippen molar-refractivity contribution in [1.82, 2.24) is 14.8 Å². The number of rotatable bonds is 4. The molecule has 0 atom stereocenters. The van der Waals surface area contributed by atoms with Gasteiger partial charge in [0.25, 0.3) is 0 Å². The van der Waals surface area contributed by atoms with Crippen LogP contribution in [-0.2, 0) is 0 Å². The SMILES string of the molecule is CCCNc1nc(N)n(-c2ccc(Cl)cc2Cl)n1. The van der Waals surface area contributed by atoms with E-state index in [4.69, 9.17) is 28.9 Å². The maximum atomic E-state index is 6.10. The number of aromatic nitrogens is 3. The van der Waals surface area contributed by atoms with Crippen LogP contribution in [0.25, 0.3) is 5.69 Å². The normalized spacial score (nSPS) is 10.6. The third-order valence-electron chi connectivity index (χ3n) is 2.30. The van der Waals surface area contributed by atoms with Gasteiger partial charge in [0.05, 0.1) is 10.7 Å². The highest BCUT2D eigenvalue weighted by Gasteiger charge is 2.11. The summed E-state index contributed by atoms with van der Waals surface area (Å²) in [5.74, 6) is 0.762. The van der Waals surface area contributed by atoms with Gasteiger partial charge in [0, 0.05) is 11.6 Å². The van der Waals surface area contributed by atoms with Gasteiger partial charge in [-0.15, -0.1) is 5.10 Å². The van der Waals surface area contributed by atoms with Gasteiger partial charge in [0.1, 0.15) is 0 Å². The Hall–Kier alpha value is -1.46. The van der Waals surface area contributed by atoms with E-state index in [0.717, 1.165) is 13.0 Å². The first-order chi connectivity index (χ1) is 8.61. The summed E-state index contributed by atoms with van der Waals surface area (Å²) in [7, 11) is 0. The van der Waals surface area contributed by atoms with E-state index in [1.165, 1.54) is 4.68 Å². The van der Waals surface area contributed by atoms with Gasteiger partial charge >= 0.3 is 0 Å². The first kappa shape index (κ1) is 13.0. The van der Waals surface area contributed by atoms with Crippen LogP contribution in [0.1, 0.15) is 13.3 Å². The molecule has 1 aromatic carbocycles. The van der Waals surface area contributed by atoms with E-state index in [1.54, 1.807) is 18.2 Å². The zero-order chi connectivity index (χ0) is 13.1. The van der Waals surface area contributed by atoms with Gasteiger partial charge in [0.15, 0.2) is 0 Å². The molecule has 1 heterocycles. The highest BCUT2D eigenvalue weighted by molar-refractivity contribution is 6.35. The Balaban J connectivity index is 2.35. The molecule has 18 heavy (non-hydrogen) atoms. The van der Waals surface area contributed by atoms with Gasteiger partial charge in [-0.05, 0) is 24.6 Å². The van der Waals surface area contributed by atoms with Crippen LogP contribution in [0.3, 0.4) is 0 Å². The minimum absolute atomic E-state index is 0.276. The Bertz CT molecular complexity index is 552. The molecule has 0 aliphatic rings. The fraction of sp³-hybridized carbons (Fsp3) is 0.273. The van der Waals surface area contributed by atoms with Crippen LogP contribution < -0.4 is 11.1 Å². The van der Waals surface area contributed by atoms with E-state index in [9.17, 15) is 0 Å². The number of anilines is 2. The molecular weight excluding hydrogens is 273 g/mol. The summed E-state index contributed by atoms with van der Waals surface area (Å²) in [5, 5.41) is 8.35. The lowest BCUT2D eigenvalue weighted by Gasteiger charge is -2.05. The van der Waals surface area contributed by atoms with Crippen LogP contribution in [0.5, 0.6) is 0 Å². The van der Waals surface area contributed by atoms with Crippen LogP contribution in [0.15, 0.2) is 18.2 Å². The van der Waals surface area contributed by atoms with E-state index in [1.807, 2.05) is 0 Å². The summed E-state index contributed by atoms with van der Waals surface area (Å²) < 4.78 is 1.48. The van der Waals surface area contributed by atoms with Crippen LogP contribution in [0, 0.1) is 0 Å². The fourth-order valence-corrected chi connectivity index (χ4v) is 1.95. The zero-order valence-corrected chi connectivity index (χ0v) is 11.3. The Labute approximate surface area is 115 Å². The number of halogens is 2. The second-order valence-corrected chi connectivity index (χ2v) is 4.57. The Kier molecular flexibility index (Phi) is 3.93. The largest absolute Gasteiger partial charge is 0.368 e. The predicted octanol–water partition coefficient (Wildman–Crippen LogP) is 2.98. The Morgan fingerprint density at radius 1 is 1.39 bits per heavy atom. The molecule has 96 valence electrons. The topological polar surface area (TPSA) is 68.8 Å². The second kappa shape index (κ2) is 5.46. The van der Waals surface area contributed by atoms with Crippen LogP contribution in [-0.4, -0.2) is 21.3 Å². The second-order valence-electron chi connectivity index (χ2n) is 3.73. The number of hydrogen-bond acceptors (Lipinski definition) is 4. The Morgan fingerprint density at radius 3 is 2.83 bits per heavy atom. The van der Waals surface area contributed by atoms with Crippen molar-refractivity contribution in [2.75, 3.05) is 17.6 Å². The van der Waals surface area contributed by atoms with E-state index in [-0.39, 0.29) is 5.95 Å². The van der Waals surface area contributed by atoms with Crippen molar-refractivity contribution in [3.8, 4) is 5.69 Å². The molecule has 0 fully saturated rings. The van der Waals surface area contributed by atoms with Gasteiger partial charge in [0.2, 0.25) is 11.9 Å². The van der Waals surface area contributed by atoms with Gasteiger partial charge < -0.3 is 11.1 Å². The van der Waals surface area contributed by atoms with Gasteiger partial charge in [-0.3, -0.25) is 0 Å². The molecular formula is C11H13Cl2N5. The molecule has 7 heteroatoms. The number of nitrogens with two attached hydrogens (primary N) is 1. The van der Waals surface area contributed by atoms with E-state index >= 15 is 0 Å². The summed E-state index contributed by atoms with van der Waals surface area (Å²) in [6.45, 7) is 2.85. The Morgan fingerprint density at radius 2 is 2.17 bits per heavy atom. The number of benzene rings is 1. The quantitative estimate of drug-likeness (QED) is 0.906. The number of nitrogens with zero attached hydrogens (tertiary/aromatic N) is 3. The number of nitrogens with one attached hydrogen (secondary N) is 1. The first-order valence-corrected chi connectivity index (χ1v) is 6.29. The molecule has 0 unspecified atom stereocenters. The van der Waals surface area contributed by atoms with Crippen LogP contribution >= 0.6 is 23.2 Å². The maximum Gasteiger partial charge on any atom is 0.244 e. The molecule has 0 spiro atoms. The summed E-state index contributed by atoms with van der Waals surface area (Å²) in [6.07, 6.45) is 0.982. The third kappa shape index (κ3) is 2.68. The smallest absolute Gasteiger partial charge is 0.244 e. The van der Waals surface area contributed by atoms with E-state index < -0.39 is 0 Å². The highest BCUT2D eigenvalue weighted by Crippen LogP contribution is 2.25. The predicted molar refractivity (Wildman–Crippen MR) is 74.6 cm³/mol. The van der Waals surface area contributed by atoms with Gasteiger partial charge in [-0.25, -0.2) is 0 Å². The molecule has 0 saturated carbocycles. The molecule has 0 bridgehead atoms. The number of nitrogen functional groups attached to an aromatic ring is 1. The molecule has 2 rings (SSSR count). The minimum Gasteiger partial charge on any atom is -0.368 e. The molecule has 1 aromatic heterocycles. The molecule has 0 radical (unpaired) electrons. The van der Waals surface area contributed by atoms with Crippen molar-refractivity contribution >= 4 is 35.1 Å². The van der Waals surface area contributed by atoms with E-state index in [2.05, 4.69) is 22.3 Å². The zero-order valence-electron chi connectivity index (χ0n) is 9.82. The molecule has 2 aromatic rings. The molecule has 5 nitrogen and oxygen atoms in total.